The first-order chi connectivity index (χ1) is 12.0. The van der Waals surface area contributed by atoms with Gasteiger partial charge >= 0.3 is 6.03 Å². The van der Waals surface area contributed by atoms with Crippen molar-refractivity contribution in [3.05, 3.63) is 46.7 Å². The van der Waals surface area contributed by atoms with E-state index >= 15 is 0 Å². The van der Waals surface area contributed by atoms with Crippen LogP contribution in [-0.2, 0) is 17.9 Å². The number of rotatable bonds is 6. The number of nitrogens with one attached hydrogen (secondary N) is 2. The molecular formula is C17H19FN4O2S. The summed E-state index contributed by atoms with van der Waals surface area (Å²) in [6.45, 7) is 0.652. The summed E-state index contributed by atoms with van der Waals surface area (Å²) in [4.78, 5) is 29.8. The van der Waals surface area contributed by atoms with Crippen LogP contribution in [0.25, 0.3) is 0 Å². The number of halogens is 1. The van der Waals surface area contributed by atoms with Crippen LogP contribution in [0.5, 0.6) is 0 Å². The first-order valence-corrected chi connectivity index (χ1v) is 8.88. The molecule has 1 aliphatic rings. The highest BCUT2D eigenvalue weighted by Gasteiger charge is 2.32. The minimum atomic E-state index is -0.410. The minimum Gasteiger partial charge on any atom is -0.340 e. The highest BCUT2D eigenvalue weighted by atomic mass is 32.1. The topological polar surface area (TPSA) is 74.3 Å². The molecule has 0 radical (unpaired) electrons. The maximum absolute atomic E-state index is 13.1. The van der Waals surface area contributed by atoms with Crippen molar-refractivity contribution >= 4 is 28.4 Å². The van der Waals surface area contributed by atoms with E-state index in [0.717, 1.165) is 18.5 Å². The summed E-state index contributed by atoms with van der Waals surface area (Å²) >= 11 is 1.30. The maximum Gasteiger partial charge on any atom is 0.321 e. The van der Waals surface area contributed by atoms with E-state index in [0.29, 0.717) is 17.2 Å². The van der Waals surface area contributed by atoms with Crippen LogP contribution in [0.15, 0.2) is 29.6 Å². The number of carbonyl (C=O) groups excluding carboxylic acids is 2. The second-order valence-corrected chi connectivity index (χ2v) is 6.91. The van der Waals surface area contributed by atoms with Crippen LogP contribution in [0.3, 0.4) is 0 Å². The van der Waals surface area contributed by atoms with E-state index in [4.69, 9.17) is 0 Å². The molecule has 0 unspecified atom stereocenters. The van der Waals surface area contributed by atoms with Gasteiger partial charge in [0.25, 0.3) is 0 Å². The number of benzene rings is 1. The lowest BCUT2D eigenvalue weighted by Crippen LogP contribution is -2.28. The Morgan fingerprint density at radius 3 is 2.92 bits per heavy atom. The third-order valence-electron chi connectivity index (χ3n) is 3.82. The molecule has 1 aliphatic carbocycles. The molecule has 3 amide bonds. The normalized spacial score (nSPS) is 13.4. The summed E-state index contributed by atoms with van der Waals surface area (Å²) in [5.74, 6) is -0.0145. The van der Waals surface area contributed by atoms with Crippen LogP contribution in [0.4, 0.5) is 14.3 Å². The zero-order valence-electron chi connectivity index (χ0n) is 13.8. The lowest BCUT2D eigenvalue weighted by molar-refractivity contribution is -0.131. The predicted molar refractivity (Wildman–Crippen MR) is 93.6 cm³/mol. The van der Waals surface area contributed by atoms with Crippen LogP contribution in [0.1, 0.15) is 24.1 Å². The van der Waals surface area contributed by atoms with Crippen molar-refractivity contribution in [2.45, 2.75) is 25.9 Å². The number of amides is 3. The number of hydrogen-bond donors (Lipinski definition) is 2. The Labute approximate surface area is 149 Å². The van der Waals surface area contributed by atoms with Crippen molar-refractivity contribution < 1.29 is 14.0 Å². The average molecular weight is 362 g/mol. The number of anilines is 1. The van der Waals surface area contributed by atoms with Gasteiger partial charge in [-0.2, -0.15) is 0 Å². The number of hydrogen-bond acceptors (Lipinski definition) is 4. The SMILES string of the molecule is CN(Cc1csc(NC(=O)NCc2cccc(F)c2)n1)C(=O)C1CC1. The third kappa shape index (κ3) is 4.99. The molecule has 0 spiro atoms. The van der Waals surface area contributed by atoms with Gasteiger partial charge in [0.1, 0.15) is 5.82 Å². The largest absolute Gasteiger partial charge is 0.340 e. The van der Waals surface area contributed by atoms with Crippen LogP contribution in [0.2, 0.25) is 0 Å². The number of carbonyl (C=O) groups is 2. The van der Waals surface area contributed by atoms with E-state index in [9.17, 15) is 14.0 Å². The molecule has 8 heteroatoms. The summed E-state index contributed by atoms with van der Waals surface area (Å²) in [6, 6.07) is 5.64. The monoisotopic (exact) mass is 362 g/mol. The molecule has 0 atom stereocenters. The van der Waals surface area contributed by atoms with E-state index in [-0.39, 0.29) is 24.2 Å². The standard InChI is InChI=1S/C17H19FN4O2S/c1-22(15(23)12-5-6-12)9-14-10-25-17(20-14)21-16(24)19-8-11-3-2-4-13(18)7-11/h2-4,7,10,12H,5-6,8-9H2,1H3,(H2,19,20,21,24). The highest BCUT2D eigenvalue weighted by molar-refractivity contribution is 7.13. The Kier molecular flexibility index (Phi) is 5.28. The fourth-order valence-corrected chi connectivity index (χ4v) is 3.07. The summed E-state index contributed by atoms with van der Waals surface area (Å²) in [5.41, 5.74) is 1.41. The molecule has 2 N–H and O–H groups in total. The van der Waals surface area contributed by atoms with Gasteiger partial charge in [-0.15, -0.1) is 11.3 Å². The molecule has 1 aromatic carbocycles. The second-order valence-electron chi connectivity index (χ2n) is 6.05. The average Bonchev–Trinajstić information content (AvgIpc) is 3.34. The van der Waals surface area contributed by atoms with E-state index in [2.05, 4.69) is 15.6 Å². The van der Waals surface area contributed by atoms with E-state index in [1.165, 1.54) is 23.5 Å². The minimum absolute atomic E-state index is 0.148. The molecule has 0 saturated heterocycles. The molecular weight excluding hydrogens is 343 g/mol. The Morgan fingerprint density at radius 1 is 1.40 bits per heavy atom. The lowest BCUT2D eigenvalue weighted by atomic mass is 10.2. The summed E-state index contributed by atoms with van der Waals surface area (Å²) < 4.78 is 13.1. The molecule has 0 aliphatic heterocycles. The Balaban J connectivity index is 1.47. The van der Waals surface area contributed by atoms with Gasteiger partial charge in [-0.3, -0.25) is 10.1 Å². The second kappa shape index (κ2) is 7.60. The quantitative estimate of drug-likeness (QED) is 0.830. The molecule has 2 aromatic rings. The fraction of sp³-hybridized carbons (Fsp3) is 0.353. The van der Waals surface area contributed by atoms with Gasteiger partial charge in [-0.05, 0) is 30.5 Å². The maximum atomic E-state index is 13.1. The Hall–Kier alpha value is -2.48. The highest BCUT2D eigenvalue weighted by Crippen LogP contribution is 2.31. The van der Waals surface area contributed by atoms with Crippen molar-refractivity contribution in [2.24, 2.45) is 5.92 Å². The van der Waals surface area contributed by atoms with Gasteiger partial charge in [-0.1, -0.05) is 12.1 Å². The van der Waals surface area contributed by atoms with Gasteiger partial charge in [0.15, 0.2) is 5.13 Å². The summed E-state index contributed by atoms with van der Waals surface area (Å²) in [5, 5.41) is 7.57. The van der Waals surface area contributed by atoms with Gasteiger partial charge < -0.3 is 10.2 Å². The molecule has 0 bridgehead atoms. The first kappa shape index (κ1) is 17.3. The molecule has 25 heavy (non-hydrogen) atoms. The van der Waals surface area contributed by atoms with E-state index < -0.39 is 6.03 Å². The smallest absolute Gasteiger partial charge is 0.321 e. The summed E-state index contributed by atoms with van der Waals surface area (Å²) in [6.07, 6.45) is 1.94. The lowest BCUT2D eigenvalue weighted by Gasteiger charge is -2.15. The molecule has 132 valence electrons. The number of aromatic nitrogens is 1. The first-order valence-electron chi connectivity index (χ1n) is 8.00. The Morgan fingerprint density at radius 2 is 2.20 bits per heavy atom. The molecule has 3 rings (SSSR count). The van der Waals surface area contributed by atoms with Crippen molar-refractivity contribution in [1.82, 2.24) is 15.2 Å². The van der Waals surface area contributed by atoms with Crippen LogP contribution in [0, 0.1) is 11.7 Å². The van der Waals surface area contributed by atoms with Gasteiger partial charge in [-0.25, -0.2) is 14.2 Å². The van der Waals surface area contributed by atoms with Crippen molar-refractivity contribution in [1.29, 1.82) is 0 Å². The van der Waals surface area contributed by atoms with Crippen LogP contribution >= 0.6 is 11.3 Å². The third-order valence-corrected chi connectivity index (χ3v) is 4.62. The van der Waals surface area contributed by atoms with Crippen molar-refractivity contribution in [3.63, 3.8) is 0 Å². The molecule has 1 fully saturated rings. The van der Waals surface area contributed by atoms with Crippen LogP contribution < -0.4 is 10.6 Å². The zero-order valence-corrected chi connectivity index (χ0v) is 14.6. The van der Waals surface area contributed by atoms with Gasteiger partial charge in [0.05, 0.1) is 12.2 Å². The molecule has 1 aromatic heterocycles. The number of thiazole rings is 1. The van der Waals surface area contributed by atoms with Crippen molar-refractivity contribution in [2.75, 3.05) is 12.4 Å². The fourth-order valence-electron chi connectivity index (χ4n) is 2.37. The van der Waals surface area contributed by atoms with Crippen molar-refractivity contribution in [3.8, 4) is 0 Å². The van der Waals surface area contributed by atoms with E-state index in [1.807, 2.05) is 5.38 Å². The molecule has 6 nitrogen and oxygen atoms in total. The number of nitrogens with zero attached hydrogens (tertiary/aromatic N) is 2. The number of urea groups is 1. The Bertz CT molecular complexity index is 776. The predicted octanol–water partition coefficient (Wildman–Crippen LogP) is 2.97. The van der Waals surface area contributed by atoms with Crippen LogP contribution in [-0.4, -0.2) is 28.9 Å². The van der Waals surface area contributed by atoms with E-state index in [1.54, 1.807) is 24.1 Å². The van der Waals surface area contributed by atoms with Gasteiger partial charge in [0, 0.05) is 24.9 Å². The van der Waals surface area contributed by atoms with Gasteiger partial charge in [0.2, 0.25) is 5.91 Å². The zero-order chi connectivity index (χ0) is 17.8. The molecule has 1 saturated carbocycles. The summed E-state index contributed by atoms with van der Waals surface area (Å²) in [7, 11) is 1.76. The molecule has 1 heterocycles.